The van der Waals surface area contributed by atoms with Gasteiger partial charge in [-0.25, -0.2) is 9.59 Å². The maximum absolute atomic E-state index is 12.2. The van der Waals surface area contributed by atoms with Gasteiger partial charge in [0, 0.05) is 22.8 Å². The first kappa shape index (κ1) is 21.8. The molecule has 0 aliphatic carbocycles. The monoisotopic (exact) mass is 419 g/mol. The van der Waals surface area contributed by atoms with E-state index in [4.69, 9.17) is 4.74 Å². The summed E-state index contributed by atoms with van der Waals surface area (Å²) in [4.78, 5) is 36.2. The fourth-order valence-electron chi connectivity index (χ4n) is 3.31. The number of hydrogen-bond acceptors (Lipinski definition) is 4. The van der Waals surface area contributed by atoms with Gasteiger partial charge in [0.05, 0.1) is 5.56 Å². The Balaban J connectivity index is 1.52. The molecule has 0 aliphatic heterocycles. The Kier molecular flexibility index (Phi) is 6.55. The molecule has 0 spiro atoms. The zero-order valence-corrected chi connectivity index (χ0v) is 18.0. The molecular formula is C24H25N3O4. The summed E-state index contributed by atoms with van der Waals surface area (Å²) in [7, 11) is 0. The van der Waals surface area contributed by atoms with Crippen LogP contribution in [0.1, 0.15) is 32.9 Å². The smallest absolute Gasteiger partial charge is 0.338 e. The number of ether oxygens (including phenoxy) is 1. The van der Waals surface area contributed by atoms with E-state index in [0.29, 0.717) is 11.3 Å². The van der Waals surface area contributed by atoms with E-state index >= 15 is 0 Å². The zero-order chi connectivity index (χ0) is 22.5. The topological polar surface area (TPSA) is 89.4 Å². The lowest BCUT2D eigenvalue weighted by Crippen LogP contribution is -2.37. The number of esters is 1. The molecule has 1 heterocycles. The van der Waals surface area contributed by atoms with Gasteiger partial charge in [0.1, 0.15) is 0 Å². The molecule has 160 valence electrons. The standard InChI is InChI=1S/C24H25N3O4/c1-15-5-12-21(16(2)13-15)25-24(30)26-22(28)14-31-23(29)19-8-10-20(11-9-19)27-17(3)6-7-18(27)4/h5-13H,14H2,1-4H3,(H2,25,26,28,30). The van der Waals surface area contributed by atoms with Crippen LogP contribution < -0.4 is 10.6 Å². The van der Waals surface area contributed by atoms with Gasteiger partial charge in [-0.05, 0) is 75.7 Å². The van der Waals surface area contributed by atoms with Crippen molar-refractivity contribution in [3.05, 3.63) is 82.7 Å². The van der Waals surface area contributed by atoms with Crippen LogP contribution in [0.3, 0.4) is 0 Å². The van der Waals surface area contributed by atoms with Gasteiger partial charge in [0.15, 0.2) is 6.61 Å². The van der Waals surface area contributed by atoms with Gasteiger partial charge in [0.2, 0.25) is 0 Å². The van der Waals surface area contributed by atoms with E-state index in [0.717, 1.165) is 28.2 Å². The molecule has 0 atom stereocenters. The maximum Gasteiger partial charge on any atom is 0.338 e. The van der Waals surface area contributed by atoms with Gasteiger partial charge in [-0.15, -0.1) is 0 Å². The third-order valence-corrected chi connectivity index (χ3v) is 4.85. The Morgan fingerprint density at radius 1 is 0.871 bits per heavy atom. The fraction of sp³-hybridized carbons (Fsp3) is 0.208. The highest BCUT2D eigenvalue weighted by Gasteiger charge is 2.14. The summed E-state index contributed by atoms with van der Waals surface area (Å²) in [5.41, 5.74) is 5.96. The van der Waals surface area contributed by atoms with E-state index in [2.05, 4.69) is 15.2 Å². The van der Waals surface area contributed by atoms with Crippen molar-refractivity contribution in [2.75, 3.05) is 11.9 Å². The third kappa shape index (κ3) is 5.39. The van der Waals surface area contributed by atoms with Gasteiger partial charge < -0.3 is 14.6 Å². The van der Waals surface area contributed by atoms with Crippen LogP contribution in [0.5, 0.6) is 0 Å². The molecule has 0 aliphatic rings. The predicted octanol–water partition coefficient (Wildman–Crippen LogP) is 4.22. The van der Waals surface area contributed by atoms with E-state index < -0.39 is 24.5 Å². The van der Waals surface area contributed by atoms with Crippen molar-refractivity contribution in [2.45, 2.75) is 27.7 Å². The van der Waals surface area contributed by atoms with Crippen LogP contribution in [0.4, 0.5) is 10.5 Å². The second-order valence-electron chi connectivity index (χ2n) is 7.40. The maximum atomic E-state index is 12.2. The highest BCUT2D eigenvalue weighted by Crippen LogP contribution is 2.17. The first-order chi connectivity index (χ1) is 14.7. The number of nitrogens with zero attached hydrogens (tertiary/aromatic N) is 1. The molecule has 3 amide bonds. The number of aromatic nitrogens is 1. The summed E-state index contributed by atoms with van der Waals surface area (Å²) >= 11 is 0. The number of carbonyl (C=O) groups excluding carboxylic acids is 3. The van der Waals surface area contributed by atoms with E-state index in [1.807, 2.05) is 64.1 Å². The number of benzene rings is 2. The summed E-state index contributed by atoms with van der Waals surface area (Å²) in [6.07, 6.45) is 0. The molecule has 0 saturated heterocycles. The Bertz CT molecular complexity index is 1110. The highest BCUT2D eigenvalue weighted by molar-refractivity contribution is 6.02. The van der Waals surface area contributed by atoms with Crippen molar-refractivity contribution in [2.24, 2.45) is 0 Å². The molecule has 7 nitrogen and oxygen atoms in total. The lowest BCUT2D eigenvalue weighted by Gasteiger charge is -2.11. The van der Waals surface area contributed by atoms with Crippen LogP contribution in [0.15, 0.2) is 54.6 Å². The molecule has 2 aromatic carbocycles. The number of aryl methyl sites for hydroxylation is 4. The van der Waals surface area contributed by atoms with Crippen LogP contribution in [0.25, 0.3) is 5.69 Å². The number of amides is 3. The molecule has 2 N–H and O–H groups in total. The van der Waals surface area contributed by atoms with Crippen molar-refractivity contribution in [1.29, 1.82) is 0 Å². The quantitative estimate of drug-likeness (QED) is 0.606. The Hall–Kier alpha value is -3.87. The molecule has 31 heavy (non-hydrogen) atoms. The van der Waals surface area contributed by atoms with Gasteiger partial charge in [0.25, 0.3) is 5.91 Å². The van der Waals surface area contributed by atoms with Gasteiger partial charge in [-0.3, -0.25) is 10.1 Å². The highest BCUT2D eigenvalue weighted by atomic mass is 16.5. The van der Waals surface area contributed by atoms with Gasteiger partial charge >= 0.3 is 12.0 Å². The zero-order valence-electron chi connectivity index (χ0n) is 18.0. The van der Waals surface area contributed by atoms with Crippen molar-refractivity contribution in [3.8, 4) is 5.69 Å². The van der Waals surface area contributed by atoms with E-state index in [1.165, 1.54) is 0 Å². The Labute approximate surface area is 181 Å². The summed E-state index contributed by atoms with van der Waals surface area (Å²) in [6, 6.07) is 15.8. The van der Waals surface area contributed by atoms with E-state index in [9.17, 15) is 14.4 Å². The molecule has 1 aromatic heterocycles. The van der Waals surface area contributed by atoms with Crippen LogP contribution in [0, 0.1) is 27.7 Å². The summed E-state index contributed by atoms with van der Waals surface area (Å²) in [6.45, 7) is 7.26. The first-order valence-electron chi connectivity index (χ1n) is 9.85. The first-order valence-corrected chi connectivity index (χ1v) is 9.85. The second kappa shape index (κ2) is 9.30. The van der Waals surface area contributed by atoms with E-state index in [1.54, 1.807) is 18.2 Å². The number of imide groups is 1. The molecule has 0 fully saturated rings. The normalized spacial score (nSPS) is 10.5. The fourth-order valence-corrected chi connectivity index (χ4v) is 3.31. The van der Waals surface area contributed by atoms with Crippen LogP contribution in [-0.4, -0.2) is 29.1 Å². The molecule has 0 radical (unpaired) electrons. The second-order valence-corrected chi connectivity index (χ2v) is 7.40. The van der Waals surface area contributed by atoms with Crippen molar-refractivity contribution < 1.29 is 19.1 Å². The number of hydrogen-bond donors (Lipinski definition) is 2. The summed E-state index contributed by atoms with van der Waals surface area (Å²) in [5, 5.41) is 4.75. The molecule has 3 rings (SSSR count). The number of anilines is 1. The average molecular weight is 419 g/mol. The molecule has 3 aromatic rings. The van der Waals surface area contributed by atoms with Crippen LogP contribution in [-0.2, 0) is 9.53 Å². The molecule has 0 bridgehead atoms. The van der Waals surface area contributed by atoms with Crippen LogP contribution in [0.2, 0.25) is 0 Å². The predicted molar refractivity (Wildman–Crippen MR) is 119 cm³/mol. The minimum absolute atomic E-state index is 0.318. The van der Waals surface area contributed by atoms with Gasteiger partial charge in [-0.2, -0.15) is 0 Å². The van der Waals surface area contributed by atoms with Crippen molar-refractivity contribution in [1.82, 2.24) is 9.88 Å². The SMILES string of the molecule is Cc1ccc(NC(=O)NC(=O)COC(=O)c2ccc(-n3c(C)ccc3C)cc2)c(C)c1. The lowest BCUT2D eigenvalue weighted by atomic mass is 10.1. The van der Waals surface area contributed by atoms with Crippen molar-refractivity contribution in [3.63, 3.8) is 0 Å². The number of rotatable bonds is 5. The molecule has 7 heteroatoms. The van der Waals surface area contributed by atoms with E-state index in [-0.39, 0.29) is 0 Å². The minimum atomic E-state index is -0.717. The minimum Gasteiger partial charge on any atom is -0.452 e. The lowest BCUT2D eigenvalue weighted by molar-refractivity contribution is -0.123. The number of nitrogens with one attached hydrogen (secondary N) is 2. The summed E-state index contributed by atoms with van der Waals surface area (Å²) < 4.78 is 7.09. The summed E-state index contributed by atoms with van der Waals surface area (Å²) in [5.74, 6) is -1.36. The number of urea groups is 1. The molecule has 0 unspecified atom stereocenters. The van der Waals surface area contributed by atoms with Crippen molar-refractivity contribution >= 4 is 23.6 Å². The Morgan fingerprint density at radius 2 is 1.52 bits per heavy atom. The average Bonchev–Trinajstić information content (AvgIpc) is 3.06. The van der Waals surface area contributed by atoms with Crippen LogP contribution >= 0.6 is 0 Å². The largest absolute Gasteiger partial charge is 0.452 e. The molecular weight excluding hydrogens is 394 g/mol. The Morgan fingerprint density at radius 3 is 2.13 bits per heavy atom. The van der Waals surface area contributed by atoms with Gasteiger partial charge in [-0.1, -0.05) is 17.7 Å². The molecule has 0 saturated carbocycles. The third-order valence-electron chi connectivity index (χ3n) is 4.85. The number of carbonyl (C=O) groups is 3.